The average molecular weight is 442 g/mol. The summed E-state index contributed by atoms with van der Waals surface area (Å²) in [6.07, 6.45) is 2.89. The number of aryl methyl sites for hydroxylation is 1. The summed E-state index contributed by atoms with van der Waals surface area (Å²) in [6.45, 7) is 6.53. The molecule has 9 heteroatoms. The lowest BCUT2D eigenvalue weighted by Crippen LogP contribution is -2.22. The number of anilines is 1. The number of hydrogen-bond acceptors (Lipinski definition) is 6. The molecule has 0 saturated heterocycles. The lowest BCUT2D eigenvalue weighted by Gasteiger charge is -2.26. The Morgan fingerprint density at radius 2 is 2.03 bits per heavy atom. The Hall–Kier alpha value is -2.94. The van der Waals surface area contributed by atoms with Crippen LogP contribution in [0.3, 0.4) is 0 Å². The van der Waals surface area contributed by atoms with E-state index < -0.39 is 9.84 Å². The largest absolute Gasteiger partial charge is 0.362 e. The zero-order valence-electron chi connectivity index (χ0n) is 17.9. The molecular formula is C22H27N5O3S. The third kappa shape index (κ3) is 4.14. The number of carbonyl (C=O) groups excluding carboxylic acids is 1. The van der Waals surface area contributed by atoms with Crippen LogP contribution in [0.5, 0.6) is 0 Å². The number of sulfone groups is 1. The van der Waals surface area contributed by atoms with Crippen LogP contribution in [0.4, 0.5) is 5.82 Å². The van der Waals surface area contributed by atoms with Crippen molar-refractivity contribution in [2.75, 3.05) is 17.6 Å². The molecular weight excluding hydrogens is 414 g/mol. The average Bonchev–Trinajstić information content (AvgIpc) is 3.17. The van der Waals surface area contributed by atoms with Crippen LogP contribution in [0.15, 0.2) is 35.5 Å². The van der Waals surface area contributed by atoms with Crippen LogP contribution >= 0.6 is 0 Å². The molecule has 0 unspecified atom stereocenters. The molecule has 0 spiro atoms. The van der Waals surface area contributed by atoms with Gasteiger partial charge in [0.15, 0.2) is 9.84 Å². The number of aromatic nitrogens is 3. The van der Waals surface area contributed by atoms with E-state index in [1.807, 2.05) is 19.1 Å². The molecule has 1 aliphatic rings. The number of H-pyrrole nitrogens is 1. The Morgan fingerprint density at radius 3 is 2.77 bits per heavy atom. The summed E-state index contributed by atoms with van der Waals surface area (Å²) < 4.78 is 25.2. The Morgan fingerprint density at radius 1 is 1.23 bits per heavy atom. The minimum Gasteiger partial charge on any atom is -0.362 e. The third-order valence-corrected chi connectivity index (χ3v) is 7.49. The van der Waals surface area contributed by atoms with Crippen LogP contribution in [0.25, 0.3) is 11.0 Å². The molecule has 0 aliphatic carbocycles. The summed E-state index contributed by atoms with van der Waals surface area (Å²) in [5, 5.41) is 6.93. The second kappa shape index (κ2) is 8.30. The van der Waals surface area contributed by atoms with Gasteiger partial charge in [-0.1, -0.05) is 26.0 Å². The van der Waals surface area contributed by atoms with Crippen LogP contribution in [-0.2, 0) is 16.3 Å². The maximum Gasteiger partial charge on any atom is 0.267 e. The minimum absolute atomic E-state index is 0.163. The number of rotatable bonds is 6. The summed E-state index contributed by atoms with van der Waals surface area (Å²) in [5.41, 5.74) is 2.76. The van der Waals surface area contributed by atoms with Gasteiger partial charge in [0.05, 0.1) is 22.1 Å². The van der Waals surface area contributed by atoms with Crippen molar-refractivity contribution in [3.05, 3.63) is 47.4 Å². The van der Waals surface area contributed by atoms with Gasteiger partial charge in [0.2, 0.25) is 0 Å². The van der Waals surface area contributed by atoms with E-state index in [1.165, 1.54) is 6.33 Å². The molecule has 31 heavy (non-hydrogen) atoms. The summed E-state index contributed by atoms with van der Waals surface area (Å²) in [4.78, 5) is 24.3. The molecule has 2 aromatic heterocycles. The molecule has 1 aliphatic heterocycles. The van der Waals surface area contributed by atoms with Gasteiger partial charge in [-0.3, -0.25) is 4.79 Å². The van der Waals surface area contributed by atoms with Gasteiger partial charge in [-0.15, -0.1) is 0 Å². The quantitative estimate of drug-likeness (QED) is 0.541. The molecule has 0 saturated carbocycles. The number of carbonyl (C=O) groups is 1. The van der Waals surface area contributed by atoms with Gasteiger partial charge in [0.1, 0.15) is 23.5 Å². The zero-order valence-corrected chi connectivity index (χ0v) is 18.7. The molecule has 0 fully saturated rings. The van der Waals surface area contributed by atoms with Gasteiger partial charge < -0.3 is 15.6 Å². The zero-order chi connectivity index (χ0) is 22.2. The highest BCUT2D eigenvalue weighted by molar-refractivity contribution is 7.91. The number of fused-ring (bicyclic) bond motifs is 2. The van der Waals surface area contributed by atoms with Gasteiger partial charge in [-0.05, 0) is 48.9 Å². The van der Waals surface area contributed by atoms with Crippen molar-refractivity contribution in [2.45, 2.75) is 44.6 Å². The first-order valence-corrected chi connectivity index (χ1v) is 12.2. The van der Waals surface area contributed by atoms with E-state index in [1.54, 1.807) is 12.1 Å². The highest BCUT2D eigenvalue weighted by Crippen LogP contribution is 2.33. The monoisotopic (exact) mass is 441 g/mol. The molecule has 0 radical (unpaired) electrons. The van der Waals surface area contributed by atoms with E-state index in [-0.39, 0.29) is 23.6 Å². The molecule has 1 aromatic carbocycles. The first kappa shape index (κ1) is 21.3. The molecule has 3 heterocycles. The molecule has 8 nitrogen and oxygen atoms in total. The SMILES string of the molecule is CCNC(=O)c1cc2c(N[C@H](c3ccc4c(c3)S(=O)(=O)CCC4)C(C)C)ncnc2[nH]1. The van der Waals surface area contributed by atoms with Crippen molar-refractivity contribution in [1.29, 1.82) is 0 Å². The highest BCUT2D eigenvalue weighted by atomic mass is 32.2. The number of hydrogen-bond donors (Lipinski definition) is 3. The van der Waals surface area contributed by atoms with Crippen molar-refractivity contribution < 1.29 is 13.2 Å². The highest BCUT2D eigenvalue weighted by Gasteiger charge is 2.26. The number of benzene rings is 1. The van der Waals surface area contributed by atoms with Gasteiger partial charge in [-0.25, -0.2) is 18.4 Å². The summed E-state index contributed by atoms with van der Waals surface area (Å²) in [7, 11) is -3.25. The Balaban J connectivity index is 1.72. The van der Waals surface area contributed by atoms with E-state index in [2.05, 4.69) is 39.4 Å². The summed E-state index contributed by atoms with van der Waals surface area (Å²) in [5.74, 6) is 0.751. The molecule has 4 rings (SSSR count). The van der Waals surface area contributed by atoms with Crippen molar-refractivity contribution >= 4 is 32.6 Å². The minimum atomic E-state index is -3.25. The lowest BCUT2D eigenvalue weighted by atomic mass is 9.94. The smallest absolute Gasteiger partial charge is 0.267 e. The van der Waals surface area contributed by atoms with E-state index in [0.717, 1.165) is 17.5 Å². The fourth-order valence-electron chi connectivity index (χ4n) is 4.04. The van der Waals surface area contributed by atoms with Crippen LogP contribution in [0.2, 0.25) is 0 Å². The van der Waals surface area contributed by atoms with E-state index >= 15 is 0 Å². The van der Waals surface area contributed by atoms with Crippen molar-refractivity contribution in [3.63, 3.8) is 0 Å². The Bertz CT molecular complexity index is 1230. The van der Waals surface area contributed by atoms with Gasteiger partial charge >= 0.3 is 0 Å². The molecule has 3 N–H and O–H groups in total. The van der Waals surface area contributed by atoms with Crippen LogP contribution in [-0.4, -0.2) is 41.6 Å². The topological polar surface area (TPSA) is 117 Å². The number of nitrogens with zero attached hydrogens (tertiary/aromatic N) is 2. The number of nitrogens with one attached hydrogen (secondary N) is 3. The summed E-state index contributed by atoms with van der Waals surface area (Å²) >= 11 is 0. The molecule has 3 aromatic rings. The first-order valence-electron chi connectivity index (χ1n) is 10.5. The van der Waals surface area contributed by atoms with Crippen LogP contribution < -0.4 is 10.6 Å². The third-order valence-electron chi connectivity index (χ3n) is 5.61. The van der Waals surface area contributed by atoms with Crippen molar-refractivity contribution in [2.24, 2.45) is 5.92 Å². The Kier molecular flexibility index (Phi) is 5.70. The maximum absolute atomic E-state index is 12.6. The second-order valence-electron chi connectivity index (χ2n) is 8.18. The lowest BCUT2D eigenvalue weighted by molar-refractivity contribution is 0.0951. The second-order valence-corrected chi connectivity index (χ2v) is 10.3. The fourth-order valence-corrected chi connectivity index (χ4v) is 5.67. The molecule has 1 atom stereocenters. The van der Waals surface area contributed by atoms with Crippen LogP contribution in [0, 0.1) is 5.92 Å². The molecule has 1 amide bonds. The molecule has 0 bridgehead atoms. The van der Waals surface area contributed by atoms with Gasteiger partial charge in [0, 0.05) is 6.54 Å². The normalized spacial score (nSPS) is 16.1. The first-order chi connectivity index (χ1) is 14.8. The molecule has 164 valence electrons. The van der Waals surface area contributed by atoms with Crippen molar-refractivity contribution in [1.82, 2.24) is 20.3 Å². The van der Waals surface area contributed by atoms with Crippen molar-refractivity contribution in [3.8, 4) is 0 Å². The standard InChI is InChI=1S/C22H27N5O3S/c1-4-23-22(28)17-11-16-20(26-17)24-12-25-21(16)27-19(13(2)3)15-8-7-14-6-5-9-31(29,30)18(14)10-15/h7-8,10-13,19H,4-6,9H2,1-3H3,(H,23,28)(H2,24,25,26,27)/t19-/m0/s1. The maximum atomic E-state index is 12.6. The van der Waals surface area contributed by atoms with Gasteiger partial charge in [-0.2, -0.15) is 0 Å². The predicted molar refractivity (Wildman–Crippen MR) is 120 cm³/mol. The van der Waals surface area contributed by atoms with Crippen LogP contribution in [0.1, 0.15) is 54.8 Å². The summed E-state index contributed by atoms with van der Waals surface area (Å²) in [6, 6.07) is 7.29. The van der Waals surface area contributed by atoms with E-state index in [4.69, 9.17) is 0 Å². The van der Waals surface area contributed by atoms with E-state index in [9.17, 15) is 13.2 Å². The fraction of sp³-hybridized carbons (Fsp3) is 0.409. The predicted octanol–water partition coefficient (Wildman–Crippen LogP) is 3.24. The van der Waals surface area contributed by atoms with Gasteiger partial charge in [0.25, 0.3) is 5.91 Å². The van der Waals surface area contributed by atoms with E-state index in [0.29, 0.717) is 40.4 Å². The number of aromatic amines is 1. The number of amides is 1. The Labute approximate surface area is 181 Å².